The zero-order chi connectivity index (χ0) is 64.8. The smallest absolute Gasteiger partial charge is 0.266 e. The van der Waals surface area contributed by atoms with Crippen molar-refractivity contribution < 1.29 is 63.1 Å². The molecular weight excluding hydrogens is 1350 g/mol. The second kappa shape index (κ2) is 26.9. The van der Waals surface area contributed by atoms with E-state index in [0.717, 1.165) is 79.0 Å². The molecule has 4 N–H and O–H groups in total. The first-order valence-corrected chi connectivity index (χ1v) is 32.1. The van der Waals surface area contributed by atoms with Crippen LogP contribution in [0, 0.1) is 37.1 Å². The summed E-state index contributed by atoms with van der Waals surface area (Å²) in [6.45, 7) is 34.0. The zero-order valence-electron chi connectivity index (χ0n) is 53.9. The first kappa shape index (κ1) is 67.7. The van der Waals surface area contributed by atoms with Crippen molar-refractivity contribution in [2.24, 2.45) is 0 Å². The van der Waals surface area contributed by atoms with Gasteiger partial charge in [0.25, 0.3) is 11.5 Å². The number of hydrogen-bond acceptors (Lipinski definition) is 4. The number of aromatic nitrogens is 2. The molecule has 0 amide bonds. The maximum atomic E-state index is 15.1. The van der Waals surface area contributed by atoms with E-state index in [1.54, 1.807) is 0 Å². The molecule has 4 aromatic heterocycles. The quantitative estimate of drug-likeness (QED) is 0.0445. The summed E-state index contributed by atoms with van der Waals surface area (Å²) in [5.41, 5.74) is 11.7. The summed E-state index contributed by atoms with van der Waals surface area (Å²) in [4.78, 5) is 0.701. The van der Waals surface area contributed by atoms with Gasteiger partial charge in [0.05, 0.1) is 66.5 Å². The first-order chi connectivity index (χ1) is 42.5. The molecule has 470 valence electrons. The molecule has 0 aliphatic heterocycles. The van der Waals surface area contributed by atoms with Gasteiger partial charge in [0.1, 0.15) is 0 Å². The van der Waals surface area contributed by atoms with E-state index in [0.29, 0.717) is 34.0 Å². The Labute approximate surface area is 559 Å². The van der Waals surface area contributed by atoms with Crippen molar-refractivity contribution in [2.75, 3.05) is 13.2 Å². The van der Waals surface area contributed by atoms with Gasteiger partial charge in [-0.1, -0.05) is 119 Å². The van der Waals surface area contributed by atoms with E-state index in [2.05, 4.69) is 170 Å². The Kier molecular flexibility index (Phi) is 20.0. The molecule has 0 saturated carbocycles. The predicted molar refractivity (Wildman–Crippen MR) is 370 cm³/mol. The topological polar surface area (TPSA) is 75.9 Å². The van der Waals surface area contributed by atoms with Crippen molar-refractivity contribution in [1.29, 1.82) is 0 Å². The summed E-state index contributed by atoms with van der Waals surface area (Å²) in [5.74, 6) is -4.02. The molecule has 0 aliphatic rings. The van der Waals surface area contributed by atoms with Gasteiger partial charge in [-0.2, -0.15) is 49.2 Å². The van der Waals surface area contributed by atoms with E-state index in [1.807, 2.05) is 80.6 Å². The molecule has 0 spiro atoms. The second-order valence-electron chi connectivity index (χ2n) is 27.2. The van der Waals surface area contributed by atoms with Crippen LogP contribution in [0.4, 0.5) is 17.6 Å². The molecule has 6 nitrogen and oxygen atoms in total. The summed E-state index contributed by atoms with van der Waals surface area (Å²) in [6.07, 6.45) is 0.931. The number of ether oxygens (including phenoxy) is 2. The fraction of sp³-hybridized carbons (Fsp3) is 0.256. The van der Waals surface area contributed by atoms with Crippen LogP contribution in [0.2, 0.25) is 0 Å². The Bertz CT molecular complexity index is 4140. The summed E-state index contributed by atoms with van der Waals surface area (Å²) in [5, 5.41) is 32.1. The Morgan fingerprint density at radius 2 is 0.670 bits per heavy atom. The van der Waals surface area contributed by atoms with Crippen LogP contribution in [0.25, 0.3) is 75.9 Å². The molecule has 0 atom stereocenters. The van der Waals surface area contributed by atoms with Crippen LogP contribution < -0.4 is 0 Å². The third kappa shape index (κ3) is 14.5. The standard InChI is InChI=1S/C64H64F4N2O4S2.2C7H7.Hf/c1-61(2,3)35-15-19-49-39(25-35)40-26-36(62(4,5)6)16-20-50(40)69(49)53-33-75-59(57(53)71)43-29-45(65)47(67)31-55(43)73-23-13-14-24-74-56-32-48(68)46(66)30-44(56)60-58(72)54(34-76-60)70-51-21-17-37(63(7,8)9)27-41(51)42-28-38(64(10,11)12)18-22-52(42)70;2*1-7-5-3-2-4-6-7;/h15-22,25-34,71-72H,13-14,23-24H2,1-12H3;2*2-6H,1H2;/q;2*-1;/p+2. The predicted octanol–water partition coefficient (Wildman–Crippen LogP) is 22.2. The largest absolute Gasteiger partial charge is 0.582 e. The molecule has 0 fully saturated rings. The van der Waals surface area contributed by atoms with E-state index in [1.165, 1.54) is 44.9 Å². The molecule has 12 aromatic rings. The van der Waals surface area contributed by atoms with Gasteiger partial charge >= 0.3 is 0 Å². The average Bonchev–Trinajstić information content (AvgIpc) is 1.59. The monoisotopic (exact) mass is 1430 g/mol. The number of hydrogen-bond donors (Lipinski definition) is 2. The fourth-order valence-electron chi connectivity index (χ4n) is 11.1. The number of fused-ring (bicyclic) bond motifs is 6. The van der Waals surface area contributed by atoms with E-state index in [9.17, 15) is 10.2 Å². The van der Waals surface area contributed by atoms with Crippen LogP contribution in [-0.4, -0.2) is 42.0 Å². The molecule has 91 heavy (non-hydrogen) atoms. The number of halogens is 4. The van der Waals surface area contributed by atoms with Crippen molar-refractivity contribution >= 4 is 66.3 Å². The fourth-order valence-corrected chi connectivity index (χ4v) is 13.0. The van der Waals surface area contributed by atoms with Crippen LogP contribution in [-0.2, 0) is 47.5 Å². The number of thiophene rings is 2. The first-order valence-electron chi connectivity index (χ1n) is 30.4. The molecular formula is C78H80F4HfN2O4S2. The number of benzene rings is 8. The van der Waals surface area contributed by atoms with Crippen LogP contribution in [0.3, 0.4) is 0 Å². The average molecular weight is 1430 g/mol. The van der Waals surface area contributed by atoms with E-state index >= 15 is 17.6 Å². The molecule has 13 heteroatoms. The third-order valence-corrected chi connectivity index (χ3v) is 18.3. The van der Waals surface area contributed by atoms with Crippen LogP contribution >= 0.6 is 22.7 Å². The summed E-state index contributed by atoms with van der Waals surface area (Å²) >= 11 is 2.46. The number of aliphatic hydroxyl groups is 2. The van der Waals surface area contributed by atoms with E-state index in [-0.39, 0.29) is 94.8 Å². The van der Waals surface area contributed by atoms with Crippen molar-refractivity contribution in [3.8, 4) is 55.3 Å². The van der Waals surface area contributed by atoms with Gasteiger partial charge in [-0.25, -0.2) is 17.6 Å². The number of unbranched alkanes of at least 4 members (excludes halogenated alkanes) is 1. The molecule has 0 unspecified atom stereocenters. The summed E-state index contributed by atoms with van der Waals surface area (Å²) in [7, 11) is 0. The Hall–Kier alpha value is -7.71. The Balaban J connectivity index is 0.000000577. The second-order valence-corrected chi connectivity index (χ2v) is 29.0. The minimum atomic E-state index is -1.06. The van der Waals surface area contributed by atoms with Gasteiger partial charge in [0.15, 0.2) is 48.0 Å². The molecule has 12 rings (SSSR count). The van der Waals surface area contributed by atoms with Gasteiger partial charge in [0.2, 0.25) is 0 Å². The maximum Gasteiger partial charge on any atom is 0.266 e. The molecule has 0 bridgehead atoms. The van der Waals surface area contributed by atoms with Gasteiger partial charge in [0, 0.05) is 71.0 Å². The molecule has 0 saturated heterocycles. The van der Waals surface area contributed by atoms with Gasteiger partial charge < -0.3 is 28.8 Å². The third-order valence-electron chi connectivity index (χ3n) is 16.4. The van der Waals surface area contributed by atoms with Crippen molar-refractivity contribution in [3.63, 3.8) is 0 Å². The van der Waals surface area contributed by atoms with E-state index in [4.69, 9.17) is 9.47 Å². The SMILES string of the molecule is CC(C)(C)c1ccc2c(c1)c1cc(C(C)(C)C)ccc1n2-c1csc(-c2cc(F)c(F)cc2[OH+]CCCC[OH+]c2cc(F)c(F)cc2-c2scc(-n3c4ccc(C(C)(C)C)cc4c4cc(C(C)(C)C)ccc43)c2O)c1O.[CH2-]c1ccccc1.[CH2-]c1ccccc1.[Hf]. The van der Waals surface area contributed by atoms with Crippen molar-refractivity contribution in [2.45, 2.75) is 118 Å². The van der Waals surface area contributed by atoms with Gasteiger partial charge in [-0.05, 0) is 105 Å². The van der Waals surface area contributed by atoms with Crippen molar-refractivity contribution in [3.05, 3.63) is 239 Å². The van der Waals surface area contributed by atoms with Gasteiger partial charge in [-0.15, -0.1) is 46.9 Å². The molecule has 0 aliphatic carbocycles. The minimum absolute atomic E-state index is 0. The number of rotatable bonds is 11. The molecule has 0 radical (unpaired) electrons. The molecule has 4 heterocycles. The maximum absolute atomic E-state index is 15.1. The zero-order valence-corrected chi connectivity index (χ0v) is 59.1. The van der Waals surface area contributed by atoms with Crippen LogP contribution in [0.15, 0.2) is 168 Å². The molecule has 8 aromatic carbocycles. The normalized spacial score (nSPS) is 12.0. The number of nitrogens with zero attached hydrogens (tertiary/aromatic N) is 2. The Morgan fingerprint density at radius 3 is 0.923 bits per heavy atom. The van der Waals surface area contributed by atoms with Gasteiger partial charge in [-0.3, -0.25) is 0 Å². The van der Waals surface area contributed by atoms with Crippen molar-refractivity contribution in [1.82, 2.24) is 9.13 Å². The Morgan fingerprint density at radius 1 is 0.396 bits per heavy atom. The van der Waals surface area contributed by atoms with Crippen LogP contribution in [0.1, 0.15) is 129 Å². The summed E-state index contributed by atoms with van der Waals surface area (Å²) in [6, 6.07) is 49.7. The van der Waals surface area contributed by atoms with E-state index < -0.39 is 23.3 Å². The number of aromatic hydroxyl groups is 4. The summed E-state index contributed by atoms with van der Waals surface area (Å²) < 4.78 is 73.8. The minimum Gasteiger partial charge on any atom is -0.582 e. The van der Waals surface area contributed by atoms with Crippen LogP contribution in [0.5, 0.6) is 23.0 Å².